The zero-order valence-electron chi connectivity index (χ0n) is 3.58. The quantitative estimate of drug-likeness (QED) is 0.425. The first-order valence-electron chi connectivity index (χ1n) is 1.83. The molecule has 0 aliphatic rings. The van der Waals surface area contributed by atoms with Crippen molar-refractivity contribution in [3.05, 3.63) is 18.2 Å². The third-order valence-electron chi connectivity index (χ3n) is 0.621. The number of aromatic nitrogens is 2. The number of H-pyrrole nitrogens is 2. The fourth-order valence-electron chi connectivity index (χ4n) is 0.325. The largest absolute Gasteiger partial charge is 0.412 e. The minimum atomic E-state index is 1.04. The summed E-state index contributed by atoms with van der Waals surface area (Å²) in [5, 5.41) is 0. The Hall–Kier alpha value is -0.790. The molecule has 0 aliphatic carbocycles. The zero-order valence-corrected chi connectivity index (χ0v) is 3.58. The van der Waals surface area contributed by atoms with Crippen LogP contribution >= 0.6 is 0 Å². The van der Waals surface area contributed by atoms with E-state index in [1.54, 1.807) is 6.33 Å². The van der Waals surface area contributed by atoms with Crippen molar-refractivity contribution in [1.29, 1.82) is 0 Å². The first-order chi connectivity index (χ1) is 2.89. The van der Waals surface area contributed by atoms with Crippen molar-refractivity contribution in [2.45, 2.75) is 6.92 Å². The number of imidazole rings is 1. The lowest BCUT2D eigenvalue weighted by atomic mass is 10.6. The zero-order chi connectivity index (χ0) is 4.41. The van der Waals surface area contributed by atoms with E-state index >= 15 is 0 Å². The molecule has 1 heterocycles. The van der Waals surface area contributed by atoms with Gasteiger partial charge in [0.2, 0.25) is 0 Å². The van der Waals surface area contributed by atoms with Gasteiger partial charge in [0, 0.05) is 5.69 Å². The molecule has 0 amide bonds. The molecule has 0 atom stereocenters. The van der Waals surface area contributed by atoms with Gasteiger partial charge in [0.25, 0.3) is 0 Å². The van der Waals surface area contributed by atoms with E-state index < -0.39 is 0 Å². The molecule has 0 unspecified atom stereocenters. The number of aryl methyl sites for hydroxylation is 1. The molecule has 1 aromatic heterocycles. The SMILES string of the molecule is Cc1[c-][nH+]c[nH]1. The summed E-state index contributed by atoms with van der Waals surface area (Å²) in [6, 6.07) is 0. The summed E-state index contributed by atoms with van der Waals surface area (Å²) in [4.78, 5) is 5.64. The lowest BCUT2D eigenvalue weighted by molar-refractivity contribution is -0.381. The molecule has 6 heavy (non-hydrogen) atoms. The molecular weight excluding hydrogens is 76.1 g/mol. The lowest BCUT2D eigenvalue weighted by Gasteiger charge is -1.68. The van der Waals surface area contributed by atoms with Crippen molar-refractivity contribution in [3.8, 4) is 0 Å². The van der Waals surface area contributed by atoms with Crippen LogP contribution < -0.4 is 4.98 Å². The van der Waals surface area contributed by atoms with Crippen molar-refractivity contribution in [2.75, 3.05) is 0 Å². The second-order valence-corrected chi connectivity index (χ2v) is 1.18. The molecule has 2 N–H and O–H groups in total. The van der Waals surface area contributed by atoms with E-state index in [0.717, 1.165) is 5.69 Å². The van der Waals surface area contributed by atoms with Gasteiger partial charge in [-0.25, -0.2) is 0 Å². The molecule has 0 bridgehead atoms. The van der Waals surface area contributed by atoms with E-state index in [1.165, 1.54) is 0 Å². The van der Waals surface area contributed by atoms with Gasteiger partial charge >= 0.3 is 0 Å². The fraction of sp³-hybridized carbons (Fsp3) is 0.250. The molecule has 0 spiro atoms. The summed E-state index contributed by atoms with van der Waals surface area (Å²) in [7, 11) is 0. The van der Waals surface area contributed by atoms with Gasteiger partial charge in [0.1, 0.15) is 0 Å². The standard InChI is InChI=1S/C4H6N2/c1-4-2-5-3-6-4/h3,5-6H,1H3. The van der Waals surface area contributed by atoms with Gasteiger partial charge in [0.05, 0.1) is 6.33 Å². The Morgan fingerprint density at radius 1 is 2.00 bits per heavy atom. The molecule has 1 rings (SSSR count). The number of hydrogen-bond acceptors (Lipinski definition) is 0. The second-order valence-electron chi connectivity index (χ2n) is 1.18. The average Bonchev–Trinajstić information content (AvgIpc) is 1.86. The molecular formula is C4H6N2. The lowest BCUT2D eigenvalue weighted by Crippen LogP contribution is -1.89. The third kappa shape index (κ3) is 0.407. The van der Waals surface area contributed by atoms with Crippen LogP contribution in [0.2, 0.25) is 0 Å². The van der Waals surface area contributed by atoms with Gasteiger partial charge in [-0.1, -0.05) is 0 Å². The predicted octanol–water partition coefficient (Wildman–Crippen LogP) is -0.0626. The Labute approximate surface area is 36.2 Å². The van der Waals surface area contributed by atoms with Crippen LogP contribution in [0.4, 0.5) is 0 Å². The first kappa shape index (κ1) is 3.40. The molecule has 1 aromatic rings. The molecule has 0 aliphatic heterocycles. The molecule has 0 aromatic carbocycles. The topological polar surface area (TPSA) is 29.9 Å². The maximum Gasteiger partial charge on any atom is 0.0921 e. The van der Waals surface area contributed by atoms with Crippen molar-refractivity contribution < 1.29 is 4.98 Å². The third-order valence-corrected chi connectivity index (χ3v) is 0.621. The van der Waals surface area contributed by atoms with Gasteiger partial charge in [-0.05, 0) is 13.1 Å². The van der Waals surface area contributed by atoms with Gasteiger partial charge in [-0.3, -0.25) is 0 Å². The van der Waals surface area contributed by atoms with Crippen LogP contribution in [-0.2, 0) is 0 Å². The van der Waals surface area contributed by atoms with E-state index in [1.807, 2.05) is 6.92 Å². The van der Waals surface area contributed by atoms with Gasteiger partial charge < -0.3 is 9.97 Å². The van der Waals surface area contributed by atoms with E-state index in [-0.39, 0.29) is 0 Å². The second kappa shape index (κ2) is 1.12. The Morgan fingerprint density at radius 2 is 2.83 bits per heavy atom. The smallest absolute Gasteiger partial charge is 0.0921 e. The van der Waals surface area contributed by atoms with Crippen molar-refractivity contribution in [1.82, 2.24) is 4.98 Å². The summed E-state index contributed by atoms with van der Waals surface area (Å²) in [5.41, 5.74) is 1.04. The Morgan fingerprint density at radius 3 is 3.00 bits per heavy atom. The highest BCUT2D eigenvalue weighted by molar-refractivity contribution is 4.79. The maximum absolute atomic E-state index is 2.89. The van der Waals surface area contributed by atoms with Crippen LogP contribution in [0, 0.1) is 13.1 Å². The van der Waals surface area contributed by atoms with E-state index in [0.29, 0.717) is 0 Å². The molecule has 2 heteroatoms. The number of nitrogens with one attached hydrogen (secondary N) is 2. The highest BCUT2D eigenvalue weighted by Gasteiger charge is 1.70. The van der Waals surface area contributed by atoms with Crippen LogP contribution in [0.15, 0.2) is 6.33 Å². The number of aromatic amines is 2. The summed E-state index contributed by atoms with van der Waals surface area (Å²) in [5.74, 6) is 0. The molecule has 0 saturated heterocycles. The number of hydrogen-bond donors (Lipinski definition) is 1. The van der Waals surface area contributed by atoms with Gasteiger partial charge in [-0.15, -0.1) is 0 Å². The van der Waals surface area contributed by atoms with Crippen LogP contribution in [0.5, 0.6) is 0 Å². The van der Waals surface area contributed by atoms with E-state index in [4.69, 9.17) is 0 Å². The van der Waals surface area contributed by atoms with E-state index in [9.17, 15) is 0 Å². The minimum absolute atomic E-state index is 1.04. The van der Waals surface area contributed by atoms with E-state index in [2.05, 4.69) is 16.2 Å². The van der Waals surface area contributed by atoms with Crippen LogP contribution in [-0.4, -0.2) is 4.98 Å². The molecule has 0 fully saturated rings. The molecule has 32 valence electrons. The highest BCUT2D eigenvalue weighted by Crippen LogP contribution is 1.74. The predicted molar refractivity (Wildman–Crippen MR) is 20.9 cm³/mol. The average molecular weight is 82.1 g/mol. The van der Waals surface area contributed by atoms with Gasteiger partial charge in [-0.2, -0.15) is 0 Å². The van der Waals surface area contributed by atoms with Crippen LogP contribution in [0.3, 0.4) is 0 Å². The summed E-state index contributed by atoms with van der Waals surface area (Å²) in [6.45, 7) is 1.94. The fourth-order valence-corrected chi connectivity index (χ4v) is 0.325. The monoisotopic (exact) mass is 82.1 g/mol. The summed E-state index contributed by atoms with van der Waals surface area (Å²) >= 11 is 0. The van der Waals surface area contributed by atoms with Crippen molar-refractivity contribution in [2.24, 2.45) is 0 Å². The molecule has 0 saturated carbocycles. The van der Waals surface area contributed by atoms with Crippen LogP contribution in [0.1, 0.15) is 5.69 Å². The Bertz CT molecular complexity index is 109. The first-order valence-corrected chi connectivity index (χ1v) is 1.83. The van der Waals surface area contributed by atoms with Crippen LogP contribution in [0.25, 0.3) is 0 Å². The Kier molecular flexibility index (Phi) is 0.638. The Balaban J connectivity index is 3.05. The minimum Gasteiger partial charge on any atom is -0.412 e. The normalized spacial score (nSPS) is 8.83. The highest BCUT2D eigenvalue weighted by atomic mass is 14.8. The summed E-state index contributed by atoms with van der Waals surface area (Å²) < 4.78 is 0. The van der Waals surface area contributed by atoms with Crippen molar-refractivity contribution >= 4 is 0 Å². The van der Waals surface area contributed by atoms with Crippen molar-refractivity contribution in [3.63, 3.8) is 0 Å². The number of rotatable bonds is 0. The maximum atomic E-state index is 2.89. The summed E-state index contributed by atoms with van der Waals surface area (Å²) in [6.07, 6.45) is 4.55. The molecule has 0 radical (unpaired) electrons. The molecule has 2 nitrogen and oxygen atoms in total. The van der Waals surface area contributed by atoms with Gasteiger partial charge in [0.15, 0.2) is 0 Å².